The fourth-order valence-electron chi connectivity index (χ4n) is 2.05. The summed E-state index contributed by atoms with van der Waals surface area (Å²) in [6.07, 6.45) is 1.09. The Morgan fingerprint density at radius 1 is 1.09 bits per heavy atom. The highest BCUT2D eigenvalue weighted by Crippen LogP contribution is 2.27. The Labute approximate surface area is 140 Å². The Bertz CT molecular complexity index is 507. The summed E-state index contributed by atoms with van der Waals surface area (Å²) in [5, 5.41) is 6.65. The number of aliphatic imine (C=N–C) groups is 1. The van der Waals surface area contributed by atoms with Crippen molar-refractivity contribution in [3.63, 3.8) is 0 Å². The van der Waals surface area contributed by atoms with Crippen LogP contribution in [0.4, 0.5) is 0 Å². The average Bonchev–Trinajstić information content (AvgIpc) is 2.51. The van der Waals surface area contributed by atoms with Gasteiger partial charge in [0.2, 0.25) is 0 Å². The van der Waals surface area contributed by atoms with E-state index in [1.807, 2.05) is 18.2 Å². The lowest BCUT2D eigenvalue weighted by Gasteiger charge is -2.19. The van der Waals surface area contributed by atoms with Crippen LogP contribution < -0.4 is 20.1 Å². The molecular weight excluding hydrogens is 290 g/mol. The third-order valence-corrected chi connectivity index (χ3v) is 3.38. The zero-order chi connectivity index (χ0) is 17.3. The molecule has 0 amide bonds. The zero-order valence-electron chi connectivity index (χ0n) is 15.3. The Kier molecular flexibility index (Phi) is 7.72. The second-order valence-electron chi connectivity index (χ2n) is 6.62. The lowest BCUT2D eigenvalue weighted by molar-refractivity contribution is 0.354. The summed E-state index contributed by atoms with van der Waals surface area (Å²) in [5.74, 6) is 2.30. The van der Waals surface area contributed by atoms with E-state index in [0.717, 1.165) is 42.5 Å². The van der Waals surface area contributed by atoms with Crippen LogP contribution in [0.5, 0.6) is 11.5 Å². The van der Waals surface area contributed by atoms with Gasteiger partial charge in [-0.25, -0.2) is 4.99 Å². The molecular formula is C18H31N3O2. The van der Waals surface area contributed by atoms with Crippen molar-refractivity contribution >= 4 is 5.96 Å². The molecule has 1 aromatic rings. The SMILES string of the molecule is CCNC(=NCc1ccc(OC)c(OC)c1)NCCC(C)(C)C. The van der Waals surface area contributed by atoms with E-state index in [2.05, 4.69) is 43.3 Å². The van der Waals surface area contributed by atoms with Gasteiger partial charge in [-0.1, -0.05) is 26.8 Å². The fourth-order valence-corrected chi connectivity index (χ4v) is 2.05. The highest BCUT2D eigenvalue weighted by atomic mass is 16.5. The van der Waals surface area contributed by atoms with Crippen molar-refractivity contribution in [2.45, 2.75) is 40.7 Å². The third kappa shape index (κ3) is 7.26. The van der Waals surface area contributed by atoms with Crippen LogP contribution in [-0.2, 0) is 6.54 Å². The van der Waals surface area contributed by atoms with Gasteiger partial charge in [-0.15, -0.1) is 0 Å². The van der Waals surface area contributed by atoms with Gasteiger partial charge in [-0.3, -0.25) is 0 Å². The summed E-state index contributed by atoms with van der Waals surface area (Å²) in [7, 11) is 3.28. The second kappa shape index (κ2) is 9.28. The number of nitrogens with zero attached hydrogens (tertiary/aromatic N) is 1. The molecule has 0 aliphatic heterocycles. The van der Waals surface area contributed by atoms with Crippen molar-refractivity contribution in [3.8, 4) is 11.5 Å². The Hall–Kier alpha value is -1.91. The number of hydrogen-bond donors (Lipinski definition) is 2. The molecule has 0 bridgehead atoms. The summed E-state index contributed by atoms with van der Waals surface area (Å²) < 4.78 is 10.6. The largest absolute Gasteiger partial charge is 0.493 e. The van der Waals surface area contributed by atoms with Crippen LogP contribution >= 0.6 is 0 Å². The van der Waals surface area contributed by atoms with Crippen LogP contribution in [0.25, 0.3) is 0 Å². The van der Waals surface area contributed by atoms with E-state index >= 15 is 0 Å². The first-order valence-corrected chi connectivity index (χ1v) is 8.12. The molecule has 2 N–H and O–H groups in total. The molecule has 5 nitrogen and oxygen atoms in total. The molecule has 0 aliphatic carbocycles. The van der Waals surface area contributed by atoms with E-state index in [4.69, 9.17) is 9.47 Å². The summed E-state index contributed by atoms with van der Waals surface area (Å²) >= 11 is 0. The van der Waals surface area contributed by atoms with Gasteiger partial charge in [0.1, 0.15) is 0 Å². The first kappa shape index (κ1) is 19.1. The zero-order valence-corrected chi connectivity index (χ0v) is 15.3. The number of nitrogens with one attached hydrogen (secondary N) is 2. The van der Waals surface area contributed by atoms with Crippen LogP contribution in [-0.4, -0.2) is 33.3 Å². The molecule has 0 unspecified atom stereocenters. The van der Waals surface area contributed by atoms with Crippen molar-refractivity contribution in [2.75, 3.05) is 27.3 Å². The van der Waals surface area contributed by atoms with Crippen molar-refractivity contribution in [1.82, 2.24) is 10.6 Å². The predicted octanol–water partition coefficient (Wildman–Crippen LogP) is 3.20. The van der Waals surface area contributed by atoms with Crippen molar-refractivity contribution < 1.29 is 9.47 Å². The predicted molar refractivity (Wildman–Crippen MR) is 96.4 cm³/mol. The summed E-state index contributed by atoms with van der Waals surface area (Å²) in [4.78, 5) is 4.63. The number of hydrogen-bond acceptors (Lipinski definition) is 3. The number of benzene rings is 1. The molecule has 0 radical (unpaired) electrons. The summed E-state index contributed by atoms with van der Waals surface area (Å²) in [5.41, 5.74) is 1.39. The van der Waals surface area contributed by atoms with Crippen molar-refractivity contribution in [3.05, 3.63) is 23.8 Å². The topological polar surface area (TPSA) is 54.9 Å². The minimum Gasteiger partial charge on any atom is -0.493 e. The van der Waals surface area contributed by atoms with Gasteiger partial charge in [-0.2, -0.15) is 0 Å². The van der Waals surface area contributed by atoms with Crippen molar-refractivity contribution in [1.29, 1.82) is 0 Å². The second-order valence-corrected chi connectivity index (χ2v) is 6.62. The van der Waals surface area contributed by atoms with Gasteiger partial charge in [-0.05, 0) is 36.5 Å². The quantitative estimate of drug-likeness (QED) is 0.598. The summed E-state index contributed by atoms with van der Waals surface area (Å²) in [6.45, 7) is 11.1. The van der Waals surface area contributed by atoms with E-state index in [0.29, 0.717) is 12.0 Å². The van der Waals surface area contributed by atoms with E-state index in [1.54, 1.807) is 14.2 Å². The maximum Gasteiger partial charge on any atom is 0.191 e. The molecule has 1 aromatic carbocycles. The van der Waals surface area contributed by atoms with Gasteiger partial charge >= 0.3 is 0 Å². The van der Waals surface area contributed by atoms with Gasteiger partial charge in [0.05, 0.1) is 20.8 Å². The van der Waals surface area contributed by atoms with Crippen LogP contribution in [0, 0.1) is 5.41 Å². The van der Waals surface area contributed by atoms with Crippen molar-refractivity contribution in [2.24, 2.45) is 10.4 Å². The van der Waals surface area contributed by atoms with Gasteiger partial charge < -0.3 is 20.1 Å². The van der Waals surface area contributed by atoms with Crippen LogP contribution in [0.2, 0.25) is 0 Å². The Morgan fingerprint density at radius 3 is 2.35 bits per heavy atom. The smallest absolute Gasteiger partial charge is 0.191 e. The van der Waals surface area contributed by atoms with Crippen LogP contribution in [0.15, 0.2) is 23.2 Å². The minimum absolute atomic E-state index is 0.313. The molecule has 0 aliphatic rings. The van der Waals surface area contributed by atoms with E-state index < -0.39 is 0 Å². The van der Waals surface area contributed by atoms with Gasteiger partial charge in [0.15, 0.2) is 17.5 Å². The molecule has 0 saturated carbocycles. The Morgan fingerprint density at radius 2 is 1.78 bits per heavy atom. The third-order valence-electron chi connectivity index (χ3n) is 3.38. The standard InChI is InChI=1S/C18H31N3O2/c1-7-19-17(20-11-10-18(2,3)4)21-13-14-8-9-15(22-5)16(12-14)23-6/h8-9,12H,7,10-11,13H2,1-6H3,(H2,19,20,21). The maximum atomic E-state index is 5.33. The highest BCUT2D eigenvalue weighted by Gasteiger charge is 2.10. The highest BCUT2D eigenvalue weighted by molar-refractivity contribution is 5.79. The molecule has 0 spiro atoms. The molecule has 23 heavy (non-hydrogen) atoms. The van der Waals surface area contributed by atoms with E-state index in [1.165, 1.54) is 0 Å². The first-order chi connectivity index (χ1) is 10.9. The fraction of sp³-hybridized carbons (Fsp3) is 0.611. The molecule has 1 rings (SSSR count). The first-order valence-electron chi connectivity index (χ1n) is 8.12. The number of guanidine groups is 1. The molecule has 0 aromatic heterocycles. The Balaban J connectivity index is 2.69. The molecule has 130 valence electrons. The van der Waals surface area contributed by atoms with Crippen LogP contribution in [0.3, 0.4) is 0 Å². The molecule has 0 saturated heterocycles. The lowest BCUT2D eigenvalue weighted by Crippen LogP contribution is -2.38. The normalized spacial score (nSPS) is 12.0. The molecule has 0 heterocycles. The van der Waals surface area contributed by atoms with Crippen LogP contribution in [0.1, 0.15) is 39.7 Å². The van der Waals surface area contributed by atoms with E-state index in [9.17, 15) is 0 Å². The average molecular weight is 321 g/mol. The summed E-state index contributed by atoms with van der Waals surface area (Å²) in [6, 6.07) is 5.87. The number of rotatable bonds is 7. The maximum absolute atomic E-state index is 5.33. The monoisotopic (exact) mass is 321 g/mol. The minimum atomic E-state index is 0.313. The number of methoxy groups -OCH3 is 2. The molecule has 0 atom stereocenters. The molecule has 5 heteroatoms. The lowest BCUT2D eigenvalue weighted by atomic mass is 9.92. The molecule has 0 fully saturated rings. The van der Waals surface area contributed by atoms with E-state index in [-0.39, 0.29) is 0 Å². The number of ether oxygens (including phenoxy) is 2. The van der Waals surface area contributed by atoms with Gasteiger partial charge in [0, 0.05) is 13.1 Å². The van der Waals surface area contributed by atoms with Gasteiger partial charge in [0.25, 0.3) is 0 Å².